The van der Waals surface area contributed by atoms with E-state index in [-0.39, 0.29) is 5.75 Å². The fraction of sp³-hybridized carbons (Fsp3) is 0.438. The quantitative estimate of drug-likeness (QED) is 0.476. The molecule has 0 aliphatic carbocycles. The summed E-state index contributed by atoms with van der Waals surface area (Å²) in [6.07, 6.45) is 4.70. The number of aromatic nitrogens is 1. The molecule has 0 aliphatic rings. The van der Waals surface area contributed by atoms with Crippen LogP contribution in [0.4, 0.5) is 4.39 Å². The van der Waals surface area contributed by atoms with Gasteiger partial charge in [0.2, 0.25) is 0 Å². The SMILES string of the molecule is COCCCCCOc1c(I)cnc2cc(F)c(OC)cc12. The normalized spacial score (nSPS) is 10.9. The van der Waals surface area contributed by atoms with Gasteiger partial charge in [0.15, 0.2) is 11.6 Å². The van der Waals surface area contributed by atoms with Crippen molar-refractivity contribution in [3.05, 3.63) is 27.7 Å². The van der Waals surface area contributed by atoms with Gasteiger partial charge in [0.1, 0.15) is 5.75 Å². The van der Waals surface area contributed by atoms with E-state index in [0.29, 0.717) is 12.1 Å². The molecule has 120 valence electrons. The summed E-state index contributed by atoms with van der Waals surface area (Å²) >= 11 is 2.17. The average molecular weight is 419 g/mol. The number of fused-ring (bicyclic) bond motifs is 1. The van der Waals surface area contributed by atoms with Crippen molar-refractivity contribution in [3.8, 4) is 11.5 Å². The van der Waals surface area contributed by atoms with Crippen LogP contribution in [-0.4, -0.2) is 32.4 Å². The molecular weight excluding hydrogens is 400 g/mol. The number of rotatable bonds is 8. The standard InChI is InChI=1S/C16H19FINO3/c1-20-6-4-3-5-7-22-16-11-8-15(21-2)12(17)9-14(11)19-10-13(16)18/h8-10H,3-7H2,1-2H3. The molecule has 0 bridgehead atoms. The third kappa shape index (κ3) is 4.19. The van der Waals surface area contributed by atoms with Gasteiger partial charge < -0.3 is 14.2 Å². The van der Waals surface area contributed by atoms with Crippen LogP contribution in [-0.2, 0) is 4.74 Å². The minimum absolute atomic E-state index is 0.196. The molecule has 1 aromatic carbocycles. The molecular formula is C16H19FINO3. The number of ether oxygens (including phenoxy) is 3. The lowest BCUT2D eigenvalue weighted by molar-refractivity contribution is 0.189. The Kier molecular flexibility index (Phi) is 6.63. The molecule has 4 nitrogen and oxygen atoms in total. The fourth-order valence-electron chi connectivity index (χ4n) is 2.15. The number of hydrogen-bond acceptors (Lipinski definition) is 4. The lowest BCUT2D eigenvalue weighted by Crippen LogP contribution is -2.02. The van der Waals surface area contributed by atoms with Gasteiger partial charge in [-0.05, 0) is 47.9 Å². The lowest BCUT2D eigenvalue weighted by Gasteiger charge is -2.12. The zero-order chi connectivity index (χ0) is 15.9. The number of hydrogen-bond donors (Lipinski definition) is 0. The van der Waals surface area contributed by atoms with Crippen molar-refractivity contribution in [1.82, 2.24) is 4.98 Å². The maximum atomic E-state index is 13.8. The molecule has 0 saturated heterocycles. The van der Waals surface area contributed by atoms with Crippen LogP contribution >= 0.6 is 22.6 Å². The summed E-state index contributed by atoms with van der Waals surface area (Å²) in [6.45, 7) is 1.38. The summed E-state index contributed by atoms with van der Waals surface area (Å²) in [6, 6.07) is 3.01. The summed E-state index contributed by atoms with van der Waals surface area (Å²) in [5.41, 5.74) is 0.563. The smallest absolute Gasteiger partial charge is 0.167 e. The van der Waals surface area contributed by atoms with Crippen molar-refractivity contribution >= 4 is 33.5 Å². The highest BCUT2D eigenvalue weighted by molar-refractivity contribution is 14.1. The van der Waals surface area contributed by atoms with Crippen molar-refractivity contribution in [2.24, 2.45) is 0 Å². The average Bonchev–Trinajstić information content (AvgIpc) is 2.52. The number of pyridine rings is 1. The molecule has 0 unspecified atom stereocenters. The molecule has 0 spiro atoms. The first kappa shape index (κ1) is 17.2. The number of unbranched alkanes of at least 4 members (excludes halogenated alkanes) is 2. The maximum Gasteiger partial charge on any atom is 0.167 e. The van der Waals surface area contributed by atoms with E-state index < -0.39 is 5.82 Å². The third-order valence-corrected chi connectivity index (χ3v) is 4.06. The van der Waals surface area contributed by atoms with Gasteiger partial charge in [0.25, 0.3) is 0 Å². The summed E-state index contributed by atoms with van der Waals surface area (Å²) in [5, 5.41) is 0.766. The van der Waals surface area contributed by atoms with Gasteiger partial charge in [-0.3, -0.25) is 4.98 Å². The van der Waals surface area contributed by atoms with Crippen LogP contribution in [0, 0.1) is 9.39 Å². The molecule has 22 heavy (non-hydrogen) atoms. The Morgan fingerprint density at radius 2 is 1.91 bits per heavy atom. The van der Waals surface area contributed by atoms with Gasteiger partial charge in [0.05, 0.1) is 22.8 Å². The Labute approximate surface area is 143 Å². The Morgan fingerprint density at radius 3 is 2.64 bits per heavy atom. The molecule has 1 heterocycles. The van der Waals surface area contributed by atoms with Gasteiger partial charge in [-0.1, -0.05) is 0 Å². The summed E-state index contributed by atoms with van der Waals surface area (Å²) in [4.78, 5) is 4.25. The molecule has 2 rings (SSSR count). The first-order valence-electron chi connectivity index (χ1n) is 7.11. The van der Waals surface area contributed by atoms with Gasteiger partial charge in [-0.2, -0.15) is 0 Å². The minimum Gasteiger partial charge on any atom is -0.494 e. The van der Waals surface area contributed by atoms with Crippen molar-refractivity contribution in [3.63, 3.8) is 0 Å². The second-order valence-corrected chi connectivity index (χ2v) is 6.00. The van der Waals surface area contributed by atoms with E-state index >= 15 is 0 Å². The van der Waals surface area contributed by atoms with E-state index in [9.17, 15) is 4.39 Å². The summed E-state index contributed by atoms with van der Waals surface area (Å²) in [5.74, 6) is 0.506. The summed E-state index contributed by atoms with van der Waals surface area (Å²) < 4.78 is 30.6. The minimum atomic E-state index is -0.422. The molecule has 0 amide bonds. The number of halogens is 2. The molecule has 2 aromatic rings. The van der Waals surface area contributed by atoms with E-state index in [1.165, 1.54) is 13.2 Å². The van der Waals surface area contributed by atoms with Crippen molar-refractivity contribution in [1.29, 1.82) is 0 Å². The van der Waals surface area contributed by atoms with Gasteiger partial charge in [-0.15, -0.1) is 0 Å². The van der Waals surface area contributed by atoms with Crippen LogP contribution in [0.2, 0.25) is 0 Å². The van der Waals surface area contributed by atoms with E-state index in [4.69, 9.17) is 14.2 Å². The van der Waals surface area contributed by atoms with Gasteiger partial charge >= 0.3 is 0 Å². The number of nitrogens with zero attached hydrogens (tertiary/aromatic N) is 1. The van der Waals surface area contributed by atoms with E-state index in [1.54, 1.807) is 19.4 Å². The predicted molar refractivity (Wildman–Crippen MR) is 92.2 cm³/mol. The van der Waals surface area contributed by atoms with E-state index in [1.807, 2.05) is 0 Å². The van der Waals surface area contributed by atoms with Gasteiger partial charge in [0, 0.05) is 31.4 Å². The molecule has 0 N–H and O–H groups in total. The van der Waals surface area contributed by atoms with Crippen molar-refractivity contribution in [2.45, 2.75) is 19.3 Å². The number of methoxy groups -OCH3 is 2. The Bertz CT molecular complexity index is 636. The van der Waals surface area contributed by atoms with Crippen molar-refractivity contribution in [2.75, 3.05) is 27.4 Å². The Balaban J connectivity index is 2.15. The van der Waals surface area contributed by atoms with Crippen LogP contribution in [0.25, 0.3) is 10.9 Å². The van der Waals surface area contributed by atoms with Crippen LogP contribution in [0.3, 0.4) is 0 Å². The highest BCUT2D eigenvalue weighted by atomic mass is 127. The first-order chi connectivity index (χ1) is 10.7. The number of benzene rings is 1. The van der Waals surface area contributed by atoms with E-state index in [2.05, 4.69) is 27.6 Å². The zero-order valence-electron chi connectivity index (χ0n) is 12.7. The van der Waals surface area contributed by atoms with Crippen LogP contribution in [0.15, 0.2) is 18.3 Å². The molecule has 0 radical (unpaired) electrons. The highest BCUT2D eigenvalue weighted by Gasteiger charge is 2.13. The molecule has 6 heteroatoms. The van der Waals surface area contributed by atoms with Crippen LogP contribution in [0.1, 0.15) is 19.3 Å². The molecule has 1 aromatic heterocycles. The lowest BCUT2D eigenvalue weighted by atomic mass is 10.2. The third-order valence-electron chi connectivity index (χ3n) is 3.29. The molecule has 0 atom stereocenters. The predicted octanol–water partition coefficient (Wildman–Crippen LogP) is 4.18. The zero-order valence-corrected chi connectivity index (χ0v) is 14.9. The highest BCUT2D eigenvalue weighted by Crippen LogP contribution is 2.33. The second-order valence-electron chi connectivity index (χ2n) is 4.84. The molecule has 0 saturated carbocycles. The Morgan fingerprint density at radius 1 is 1.14 bits per heavy atom. The Hall–Kier alpha value is -1.15. The monoisotopic (exact) mass is 419 g/mol. The van der Waals surface area contributed by atoms with E-state index in [0.717, 1.165) is 40.6 Å². The second kappa shape index (κ2) is 8.47. The van der Waals surface area contributed by atoms with Crippen molar-refractivity contribution < 1.29 is 18.6 Å². The topological polar surface area (TPSA) is 40.6 Å². The first-order valence-corrected chi connectivity index (χ1v) is 8.18. The molecule has 0 fully saturated rings. The largest absolute Gasteiger partial charge is 0.494 e. The van der Waals surface area contributed by atoms with Crippen LogP contribution in [0.5, 0.6) is 11.5 Å². The fourth-order valence-corrected chi connectivity index (χ4v) is 2.73. The van der Waals surface area contributed by atoms with Gasteiger partial charge in [-0.25, -0.2) is 4.39 Å². The molecule has 0 aliphatic heterocycles. The van der Waals surface area contributed by atoms with Crippen LogP contribution < -0.4 is 9.47 Å². The maximum absolute atomic E-state index is 13.8. The summed E-state index contributed by atoms with van der Waals surface area (Å²) in [7, 11) is 3.15.